The van der Waals surface area contributed by atoms with Crippen molar-refractivity contribution in [3.8, 4) is 0 Å². The standard InChI is InChI=1S/C20H28N4O2.HI/c1-3-21-20(24-14-10-17-8-5-4-6-9-17)23-13-7-12-22-19(25)18-16(2)11-15-26-18;/h4-6,8-9,11,15H,3,7,10,12-14H2,1-2H3,(H,22,25)(H2,21,23,24);1H. The molecule has 0 aliphatic carbocycles. The largest absolute Gasteiger partial charge is 0.459 e. The summed E-state index contributed by atoms with van der Waals surface area (Å²) in [7, 11) is 0. The van der Waals surface area contributed by atoms with Gasteiger partial charge in [0.1, 0.15) is 0 Å². The molecule has 0 fully saturated rings. The number of rotatable bonds is 9. The van der Waals surface area contributed by atoms with Crippen molar-refractivity contribution < 1.29 is 9.21 Å². The van der Waals surface area contributed by atoms with Crippen molar-refractivity contribution in [2.24, 2.45) is 4.99 Å². The van der Waals surface area contributed by atoms with Gasteiger partial charge in [0.2, 0.25) is 0 Å². The van der Waals surface area contributed by atoms with Crippen LogP contribution in [0.1, 0.15) is 35.0 Å². The number of hydrogen-bond donors (Lipinski definition) is 3. The minimum atomic E-state index is -0.177. The van der Waals surface area contributed by atoms with Crippen molar-refractivity contribution >= 4 is 35.8 Å². The zero-order valence-electron chi connectivity index (χ0n) is 16.0. The average Bonchev–Trinajstić information content (AvgIpc) is 3.08. The molecule has 1 aromatic carbocycles. The van der Waals surface area contributed by atoms with Crippen molar-refractivity contribution in [1.82, 2.24) is 16.0 Å². The summed E-state index contributed by atoms with van der Waals surface area (Å²) in [6, 6.07) is 12.1. The minimum Gasteiger partial charge on any atom is -0.459 e. The summed E-state index contributed by atoms with van der Waals surface area (Å²) in [5.41, 5.74) is 2.14. The van der Waals surface area contributed by atoms with E-state index in [4.69, 9.17) is 4.42 Å². The van der Waals surface area contributed by atoms with Gasteiger partial charge in [-0.2, -0.15) is 0 Å². The molecule has 27 heavy (non-hydrogen) atoms. The van der Waals surface area contributed by atoms with Crippen LogP contribution in [0.2, 0.25) is 0 Å². The predicted octanol–water partition coefficient (Wildman–Crippen LogP) is 3.12. The summed E-state index contributed by atoms with van der Waals surface area (Å²) in [5.74, 6) is 1.01. The van der Waals surface area contributed by atoms with Gasteiger partial charge in [0, 0.05) is 31.7 Å². The zero-order chi connectivity index (χ0) is 18.6. The Morgan fingerprint density at radius 1 is 1.07 bits per heavy atom. The molecular formula is C20H29IN4O2. The first kappa shape index (κ1) is 23.0. The summed E-state index contributed by atoms with van der Waals surface area (Å²) >= 11 is 0. The van der Waals surface area contributed by atoms with Crippen LogP contribution in [0, 0.1) is 6.92 Å². The van der Waals surface area contributed by atoms with Gasteiger partial charge in [-0.3, -0.25) is 9.79 Å². The number of carbonyl (C=O) groups is 1. The van der Waals surface area contributed by atoms with E-state index in [2.05, 4.69) is 33.1 Å². The van der Waals surface area contributed by atoms with E-state index in [-0.39, 0.29) is 29.9 Å². The van der Waals surface area contributed by atoms with E-state index in [0.717, 1.165) is 37.5 Å². The van der Waals surface area contributed by atoms with Crippen LogP contribution in [0.4, 0.5) is 0 Å². The summed E-state index contributed by atoms with van der Waals surface area (Å²) in [4.78, 5) is 16.5. The van der Waals surface area contributed by atoms with Crippen LogP contribution >= 0.6 is 24.0 Å². The van der Waals surface area contributed by atoms with E-state index in [1.54, 1.807) is 6.07 Å². The van der Waals surface area contributed by atoms with Crippen LogP contribution in [-0.2, 0) is 6.42 Å². The topological polar surface area (TPSA) is 78.7 Å². The van der Waals surface area contributed by atoms with Crippen molar-refractivity contribution in [1.29, 1.82) is 0 Å². The third kappa shape index (κ3) is 8.47. The summed E-state index contributed by atoms with van der Waals surface area (Å²) in [6.45, 7) is 6.73. The quantitative estimate of drug-likeness (QED) is 0.221. The van der Waals surface area contributed by atoms with Crippen LogP contribution < -0.4 is 16.0 Å². The molecule has 0 bridgehead atoms. The number of aryl methyl sites for hydroxylation is 1. The fraction of sp³-hybridized carbons (Fsp3) is 0.400. The van der Waals surface area contributed by atoms with Gasteiger partial charge in [-0.05, 0) is 38.3 Å². The Balaban J connectivity index is 0.00000364. The second-order valence-corrected chi connectivity index (χ2v) is 5.97. The number of halogens is 1. The molecule has 1 amide bonds. The van der Waals surface area contributed by atoms with Crippen LogP contribution in [0.15, 0.2) is 52.1 Å². The third-order valence-corrected chi connectivity index (χ3v) is 3.85. The van der Waals surface area contributed by atoms with E-state index < -0.39 is 0 Å². The average molecular weight is 484 g/mol. The number of furan rings is 1. The van der Waals surface area contributed by atoms with Gasteiger partial charge in [-0.15, -0.1) is 24.0 Å². The highest BCUT2D eigenvalue weighted by Crippen LogP contribution is 2.07. The maximum Gasteiger partial charge on any atom is 0.287 e. The van der Waals surface area contributed by atoms with E-state index in [1.807, 2.05) is 32.0 Å². The van der Waals surface area contributed by atoms with E-state index in [9.17, 15) is 4.79 Å². The molecule has 2 aromatic rings. The molecule has 2 rings (SSSR count). The predicted molar refractivity (Wildman–Crippen MR) is 120 cm³/mol. The number of hydrogen-bond acceptors (Lipinski definition) is 3. The van der Waals surface area contributed by atoms with Crippen LogP contribution in [0.5, 0.6) is 0 Å². The van der Waals surface area contributed by atoms with E-state index in [1.165, 1.54) is 11.8 Å². The first-order valence-corrected chi connectivity index (χ1v) is 9.09. The first-order valence-electron chi connectivity index (χ1n) is 9.09. The van der Waals surface area contributed by atoms with Crippen molar-refractivity contribution in [2.45, 2.75) is 26.7 Å². The Labute approximate surface area is 178 Å². The fourth-order valence-electron chi connectivity index (χ4n) is 2.47. The highest BCUT2D eigenvalue weighted by atomic mass is 127. The van der Waals surface area contributed by atoms with Crippen molar-refractivity contribution in [3.05, 3.63) is 59.5 Å². The highest BCUT2D eigenvalue weighted by molar-refractivity contribution is 14.0. The lowest BCUT2D eigenvalue weighted by atomic mass is 10.1. The van der Waals surface area contributed by atoms with Gasteiger partial charge < -0.3 is 20.4 Å². The Morgan fingerprint density at radius 2 is 1.85 bits per heavy atom. The molecule has 7 heteroatoms. The molecule has 0 aliphatic heterocycles. The zero-order valence-corrected chi connectivity index (χ0v) is 18.3. The van der Waals surface area contributed by atoms with E-state index in [0.29, 0.717) is 18.8 Å². The third-order valence-electron chi connectivity index (χ3n) is 3.85. The van der Waals surface area contributed by atoms with Gasteiger partial charge in [-0.1, -0.05) is 30.3 Å². The number of carbonyl (C=O) groups excluding carboxylic acids is 1. The second kappa shape index (κ2) is 13.2. The molecule has 0 radical (unpaired) electrons. The van der Waals surface area contributed by atoms with Crippen molar-refractivity contribution in [2.75, 3.05) is 26.2 Å². The van der Waals surface area contributed by atoms with Crippen molar-refractivity contribution in [3.63, 3.8) is 0 Å². The minimum absolute atomic E-state index is 0. The molecular weight excluding hydrogens is 455 g/mol. The Hall–Kier alpha value is -2.03. The highest BCUT2D eigenvalue weighted by Gasteiger charge is 2.11. The molecule has 0 atom stereocenters. The molecule has 1 heterocycles. The summed E-state index contributed by atoms with van der Waals surface area (Å²) in [5, 5.41) is 9.42. The number of aliphatic imine (C=N–C) groups is 1. The lowest BCUT2D eigenvalue weighted by Crippen LogP contribution is -2.38. The smallest absolute Gasteiger partial charge is 0.287 e. The van der Waals surface area contributed by atoms with Gasteiger partial charge in [-0.25, -0.2) is 0 Å². The number of benzene rings is 1. The SMILES string of the molecule is CCNC(=NCCCNC(=O)c1occc1C)NCCc1ccccc1.I. The van der Waals surface area contributed by atoms with Gasteiger partial charge >= 0.3 is 0 Å². The normalized spacial score (nSPS) is 10.8. The van der Waals surface area contributed by atoms with Crippen LogP contribution in [0.3, 0.4) is 0 Å². The Bertz CT molecular complexity index is 701. The lowest BCUT2D eigenvalue weighted by Gasteiger charge is -2.11. The monoisotopic (exact) mass is 484 g/mol. The molecule has 0 saturated heterocycles. The van der Waals surface area contributed by atoms with E-state index >= 15 is 0 Å². The summed E-state index contributed by atoms with van der Waals surface area (Å²) < 4.78 is 5.17. The summed E-state index contributed by atoms with van der Waals surface area (Å²) in [6.07, 6.45) is 3.24. The van der Waals surface area contributed by atoms with Gasteiger partial charge in [0.25, 0.3) is 5.91 Å². The molecule has 0 aliphatic rings. The Kier molecular flexibility index (Phi) is 11.2. The first-order chi connectivity index (χ1) is 12.7. The molecule has 0 unspecified atom stereocenters. The maximum atomic E-state index is 11.9. The molecule has 0 spiro atoms. The second-order valence-electron chi connectivity index (χ2n) is 5.97. The molecule has 1 aromatic heterocycles. The number of amides is 1. The fourth-order valence-corrected chi connectivity index (χ4v) is 2.47. The molecule has 0 saturated carbocycles. The molecule has 3 N–H and O–H groups in total. The van der Waals surface area contributed by atoms with Gasteiger partial charge in [0.05, 0.1) is 6.26 Å². The molecule has 6 nitrogen and oxygen atoms in total. The Morgan fingerprint density at radius 3 is 2.52 bits per heavy atom. The maximum absolute atomic E-state index is 11.9. The van der Waals surface area contributed by atoms with Crippen LogP contribution in [-0.4, -0.2) is 38.0 Å². The number of guanidine groups is 1. The van der Waals surface area contributed by atoms with Crippen LogP contribution in [0.25, 0.3) is 0 Å². The number of nitrogens with one attached hydrogen (secondary N) is 3. The van der Waals surface area contributed by atoms with Gasteiger partial charge in [0.15, 0.2) is 11.7 Å². The number of nitrogens with zero attached hydrogens (tertiary/aromatic N) is 1. The lowest BCUT2D eigenvalue weighted by molar-refractivity contribution is 0.0925. The molecule has 148 valence electrons.